The van der Waals surface area contributed by atoms with Gasteiger partial charge in [-0.1, -0.05) is 0 Å². The van der Waals surface area contributed by atoms with E-state index in [2.05, 4.69) is 0 Å². The molecule has 1 aliphatic rings. The highest BCUT2D eigenvalue weighted by molar-refractivity contribution is 6.04. The zero-order valence-electron chi connectivity index (χ0n) is 13.5. The number of methoxy groups -OCH3 is 3. The van der Waals surface area contributed by atoms with Crippen molar-refractivity contribution in [3.63, 3.8) is 0 Å². The summed E-state index contributed by atoms with van der Waals surface area (Å²) in [6, 6.07) is 3.33. The fraction of sp³-hybridized carbons (Fsp3) is 0.500. The summed E-state index contributed by atoms with van der Waals surface area (Å²) in [4.78, 5) is 23.7. The molecule has 0 spiro atoms. The summed E-state index contributed by atoms with van der Waals surface area (Å²) in [6.07, 6.45) is 0.180. The maximum Gasteiger partial charge on any atom is 0.324 e. The first-order valence-corrected chi connectivity index (χ1v) is 7.16. The Morgan fingerprint density at radius 3 is 2.13 bits per heavy atom. The molecule has 0 amide bonds. The first kappa shape index (κ1) is 16.9. The largest absolute Gasteiger partial charge is 0.493 e. The van der Waals surface area contributed by atoms with Gasteiger partial charge in [0.1, 0.15) is 0 Å². The van der Waals surface area contributed by atoms with Gasteiger partial charge in [0, 0.05) is 5.92 Å². The minimum Gasteiger partial charge on any atom is -0.493 e. The van der Waals surface area contributed by atoms with E-state index in [0.29, 0.717) is 22.8 Å². The van der Waals surface area contributed by atoms with Crippen LogP contribution in [0.4, 0.5) is 0 Å². The first-order valence-electron chi connectivity index (χ1n) is 7.16. The van der Waals surface area contributed by atoms with Crippen molar-refractivity contribution in [1.29, 1.82) is 0 Å². The maximum absolute atomic E-state index is 12.1. The van der Waals surface area contributed by atoms with Crippen LogP contribution in [-0.4, -0.2) is 45.0 Å². The lowest BCUT2D eigenvalue weighted by Crippen LogP contribution is -2.29. The normalized spacial score (nSPS) is 22.2. The van der Waals surface area contributed by atoms with Crippen LogP contribution < -0.4 is 14.2 Å². The Balaban J connectivity index is 2.43. The predicted molar refractivity (Wildman–Crippen MR) is 80.2 cm³/mol. The molecule has 0 bridgehead atoms. The number of carbonyl (C=O) groups is 2. The Kier molecular flexibility index (Phi) is 4.68. The van der Waals surface area contributed by atoms with Gasteiger partial charge in [0.2, 0.25) is 5.75 Å². The second kappa shape index (κ2) is 6.36. The summed E-state index contributed by atoms with van der Waals surface area (Å²) in [5.74, 6) is -1.15. The summed E-state index contributed by atoms with van der Waals surface area (Å²) in [5, 5.41) is 9.50. The molecule has 0 aliphatic heterocycles. The second-order valence-corrected chi connectivity index (χ2v) is 5.21. The van der Waals surface area contributed by atoms with Crippen LogP contribution in [0.1, 0.15) is 24.8 Å². The van der Waals surface area contributed by atoms with Gasteiger partial charge in [-0.25, -0.2) is 0 Å². The Bertz CT molecular complexity index is 600. The van der Waals surface area contributed by atoms with Gasteiger partial charge in [-0.15, -0.1) is 0 Å². The van der Waals surface area contributed by atoms with Crippen LogP contribution in [0.3, 0.4) is 0 Å². The predicted octanol–water partition coefficient (Wildman–Crippen LogP) is 1.83. The van der Waals surface area contributed by atoms with Crippen LogP contribution in [0, 0.1) is 5.41 Å². The van der Waals surface area contributed by atoms with Crippen molar-refractivity contribution in [2.24, 2.45) is 5.41 Å². The number of ether oxygens (including phenoxy) is 4. The van der Waals surface area contributed by atoms with Crippen molar-refractivity contribution in [3.8, 4) is 17.2 Å². The highest BCUT2D eigenvalue weighted by Gasteiger charge is 2.68. The van der Waals surface area contributed by atoms with Crippen molar-refractivity contribution in [3.05, 3.63) is 17.7 Å². The third kappa shape index (κ3) is 2.67. The molecule has 0 saturated heterocycles. The third-order valence-electron chi connectivity index (χ3n) is 4.07. The van der Waals surface area contributed by atoms with E-state index in [1.165, 1.54) is 21.3 Å². The molecular weight excluding hydrogens is 304 g/mol. The summed E-state index contributed by atoms with van der Waals surface area (Å²) in [7, 11) is 4.44. The standard InChI is InChI=1S/C16H20O7/c1-5-23-15(19)16(14(17)18)8-10(16)9-6-11(20-2)13(22-4)12(7-9)21-3/h6-7,10H,5,8H2,1-4H3,(H,17,18). The molecule has 7 heteroatoms. The minimum atomic E-state index is -1.54. The smallest absolute Gasteiger partial charge is 0.324 e. The fourth-order valence-electron chi connectivity index (χ4n) is 2.78. The van der Waals surface area contributed by atoms with E-state index < -0.39 is 23.3 Å². The van der Waals surface area contributed by atoms with Gasteiger partial charge in [-0.05, 0) is 31.0 Å². The minimum absolute atomic E-state index is 0.135. The van der Waals surface area contributed by atoms with Crippen LogP contribution in [0.5, 0.6) is 17.2 Å². The molecule has 1 aromatic carbocycles. The number of carboxylic acids is 1. The molecule has 1 aliphatic carbocycles. The van der Waals surface area contributed by atoms with Gasteiger partial charge in [-0.3, -0.25) is 9.59 Å². The zero-order valence-corrected chi connectivity index (χ0v) is 13.5. The van der Waals surface area contributed by atoms with Crippen molar-refractivity contribution in [1.82, 2.24) is 0 Å². The Labute approximate surface area is 134 Å². The van der Waals surface area contributed by atoms with E-state index in [0.717, 1.165) is 0 Å². The molecular formula is C16H20O7. The van der Waals surface area contributed by atoms with E-state index in [9.17, 15) is 14.7 Å². The number of carboxylic acid groups (broad SMARTS) is 1. The lowest BCUT2D eigenvalue weighted by molar-refractivity contribution is -0.161. The van der Waals surface area contributed by atoms with Crippen molar-refractivity contribution in [2.45, 2.75) is 19.3 Å². The number of rotatable bonds is 7. The van der Waals surface area contributed by atoms with Crippen LogP contribution >= 0.6 is 0 Å². The Morgan fingerprint density at radius 1 is 1.17 bits per heavy atom. The molecule has 1 N–H and O–H groups in total. The molecule has 0 aromatic heterocycles. The molecule has 1 aromatic rings. The van der Waals surface area contributed by atoms with Crippen molar-refractivity contribution in [2.75, 3.05) is 27.9 Å². The van der Waals surface area contributed by atoms with Gasteiger partial charge in [0.15, 0.2) is 16.9 Å². The lowest BCUT2D eigenvalue weighted by Gasteiger charge is -2.15. The molecule has 2 atom stereocenters. The molecule has 7 nitrogen and oxygen atoms in total. The lowest BCUT2D eigenvalue weighted by atomic mass is 9.98. The van der Waals surface area contributed by atoms with E-state index in [-0.39, 0.29) is 13.0 Å². The van der Waals surface area contributed by atoms with Crippen LogP contribution in [-0.2, 0) is 14.3 Å². The Morgan fingerprint density at radius 2 is 1.74 bits per heavy atom. The van der Waals surface area contributed by atoms with Crippen LogP contribution in [0.2, 0.25) is 0 Å². The van der Waals surface area contributed by atoms with Gasteiger partial charge in [-0.2, -0.15) is 0 Å². The van der Waals surface area contributed by atoms with E-state index in [1.54, 1.807) is 19.1 Å². The zero-order chi connectivity index (χ0) is 17.2. The van der Waals surface area contributed by atoms with Gasteiger partial charge in [0.25, 0.3) is 0 Å². The number of carbonyl (C=O) groups excluding carboxylic acids is 1. The molecule has 23 heavy (non-hydrogen) atoms. The second-order valence-electron chi connectivity index (χ2n) is 5.21. The SMILES string of the molecule is CCOC(=O)C1(C(=O)O)CC1c1cc(OC)c(OC)c(OC)c1. The number of esters is 1. The average molecular weight is 324 g/mol. The highest BCUT2D eigenvalue weighted by Crippen LogP contribution is 2.61. The average Bonchev–Trinajstić information content (AvgIpc) is 3.30. The van der Waals surface area contributed by atoms with Crippen LogP contribution in [0.25, 0.3) is 0 Å². The monoisotopic (exact) mass is 324 g/mol. The summed E-state index contributed by atoms with van der Waals surface area (Å²) < 4.78 is 20.7. The fourth-order valence-corrected chi connectivity index (χ4v) is 2.78. The van der Waals surface area contributed by atoms with E-state index in [1.807, 2.05) is 0 Å². The van der Waals surface area contributed by atoms with Crippen molar-refractivity contribution < 1.29 is 33.6 Å². The van der Waals surface area contributed by atoms with Gasteiger partial charge in [0.05, 0.1) is 27.9 Å². The summed E-state index contributed by atoms with van der Waals surface area (Å²) in [6.45, 7) is 1.78. The molecule has 1 fully saturated rings. The summed E-state index contributed by atoms with van der Waals surface area (Å²) in [5.41, 5.74) is -0.907. The molecule has 0 radical (unpaired) electrons. The number of hydrogen-bond acceptors (Lipinski definition) is 6. The number of aliphatic carboxylic acids is 1. The van der Waals surface area contributed by atoms with Crippen molar-refractivity contribution >= 4 is 11.9 Å². The molecule has 2 unspecified atom stereocenters. The maximum atomic E-state index is 12.1. The van der Waals surface area contributed by atoms with E-state index >= 15 is 0 Å². The number of benzene rings is 1. The quantitative estimate of drug-likeness (QED) is 0.604. The highest BCUT2D eigenvalue weighted by atomic mass is 16.5. The van der Waals surface area contributed by atoms with Gasteiger partial charge >= 0.3 is 11.9 Å². The van der Waals surface area contributed by atoms with Crippen LogP contribution in [0.15, 0.2) is 12.1 Å². The molecule has 126 valence electrons. The Hall–Kier alpha value is -2.44. The first-order chi connectivity index (χ1) is 11.0. The summed E-state index contributed by atoms with van der Waals surface area (Å²) >= 11 is 0. The molecule has 1 saturated carbocycles. The van der Waals surface area contributed by atoms with Gasteiger partial charge < -0.3 is 24.1 Å². The molecule has 2 rings (SSSR count). The van der Waals surface area contributed by atoms with E-state index in [4.69, 9.17) is 18.9 Å². The topological polar surface area (TPSA) is 91.3 Å². The molecule has 0 heterocycles. The third-order valence-corrected chi connectivity index (χ3v) is 4.07. The number of hydrogen-bond donors (Lipinski definition) is 1.